The maximum atomic E-state index is 12.1. The summed E-state index contributed by atoms with van der Waals surface area (Å²) in [5, 5.41) is 86.7. The summed E-state index contributed by atoms with van der Waals surface area (Å²) < 4.78 is 0. The van der Waals surface area contributed by atoms with Gasteiger partial charge in [0.2, 0.25) is 0 Å². The summed E-state index contributed by atoms with van der Waals surface area (Å²) in [5.74, 6) is -2.33. The molecule has 0 atom stereocenters. The van der Waals surface area contributed by atoms with E-state index >= 15 is 0 Å². The molecule has 0 aliphatic rings. The van der Waals surface area contributed by atoms with Crippen molar-refractivity contribution in [3.8, 4) is 11.5 Å². The molecule has 298 valence electrons. The summed E-state index contributed by atoms with van der Waals surface area (Å²) >= 11 is 0. The number of nitro benzene ring substituents is 6. The van der Waals surface area contributed by atoms with E-state index in [1.165, 1.54) is 0 Å². The Morgan fingerprint density at radius 2 is 0.690 bits per heavy atom. The van der Waals surface area contributed by atoms with Gasteiger partial charge >= 0.3 is 22.7 Å². The highest BCUT2D eigenvalue weighted by Crippen LogP contribution is 2.40. The number of Topliss-reactive ketones (excluding diaryl/α,β-unsaturated/α-hetero) is 2. The molecule has 5 rings (SSSR count). The number of benzene rings is 5. The molecule has 0 saturated carbocycles. The molecular weight excluding hydrogens is 776 g/mol. The van der Waals surface area contributed by atoms with Gasteiger partial charge in [-0.05, 0) is 24.3 Å². The van der Waals surface area contributed by atoms with Crippen LogP contribution < -0.4 is 10.6 Å². The van der Waals surface area contributed by atoms with E-state index < -0.39 is 75.2 Å². The van der Waals surface area contributed by atoms with Crippen molar-refractivity contribution in [3.63, 3.8) is 0 Å². The number of carbonyl (C=O) groups excluding carboxylic acids is 2. The normalized spacial score (nSPS) is 9.93. The topological polar surface area (TPSA) is 358 Å². The van der Waals surface area contributed by atoms with Crippen molar-refractivity contribution >= 4 is 57.1 Å². The number of phenolic OH excluding ortho intramolecular Hbond substituents is 2. The lowest BCUT2D eigenvalue weighted by Gasteiger charge is -2.09. The van der Waals surface area contributed by atoms with Gasteiger partial charge in [0, 0.05) is 22.5 Å². The number of aromatic hydroxyl groups is 2. The summed E-state index contributed by atoms with van der Waals surface area (Å²) in [5.41, 5.74) is -2.91. The van der Waals surface area contributed by atoms with Crippen LogP contribution in [-0.4, -0.2) is 64.4 Å². The Hall–Kier alpha value is -8.96. The van der Waals surface area contributed by atoms with Gasteiger partial charge in [-0.25, -0.2) is 0 Å². The van der Waals surface area contributed by atoms with Gasteiger partial charge in [0.25, 0.3) is 22.9 Å². The molecule has 0 aliphatic heterocycles. The van der Waals surface area contributed by atoms with Gasteiger partial charge in [-0.2, -0.15) is 0 Å². The lowest BCUT2D eigenvalue weighted by atomic mass is 10.1. The molecule has 0 unspecified atom stereocenters. The molecule has 0 saturated heterocycles. The number of non-ortho nitro benzene ring substituents is 2. The average molecular weight is 803 g/mol. The zero-order chi connectivity index (χ0) is 43.1. The summed E-state index contributed by atoms with van der Waals surface area (Å²) in [6, 6.07) is 27.7. The van der Waals surface area contributed by atoms with Crippen molar-refractivity contribution in [1.29, 1.82) is 0 Å². The SMILES string of the molecule is O=C(CNc1ccc(NCC(=O)c2ccccc2)cc1)c1ccccc1.O=[N+]([O-])c1cc([N+](=O)[O-])c(O)c([N+](=O)[O-])c1.O=[N+]([O-])c1cc([N+](=O)[O-])c(O)c([N+](=O)[O-])c1. The monoisotopic (exact) mass is 802 g/mol. The van der Waals surface area contributed by atoms with Gasteiger partial charge in [0.1, 0.15) is 0 Å². The second-order valence-corrected chi connectivity index (χ2v) is 11.1. The first kappa shape index (κ1) is 43.4. The van der Waals surface area contributed by atoms with Gasteiger partial charge in [-0.1, -0.05) is 60.7 Å². The Balaban J connectivity index is 0.000000246. The first-order valence-electron chi connectivity index (χ1n) is 15.8. The Morgan fingerprint density at radius 3 is 0.914 bits per heavy atom. The highest BCUT2D eigenvalue weighted by atomic mass is 16.7. The second-order valence-electron chi connectivity index (χ2n) is 11.1. The minimum absolute atomic E-state index is 0.0428. The molecular formula is C34H26N8O16. The van der Waals surface area contributed by atoms with E-state index in [9.17, 15) is 70.3 Å². The van der Waals surface area contributed by atoms with Crippen molar-refractivity contribution in [1.82, 2.24) is 0 Å². The van der Waals surface area contributed by atoms with Crippen molar-refractivity contribution in [2.75, 3.05) is 23.7 Å². The van der Waals surface area contributed by atoms with Gasteiger partial charge in [-0.15, -0.1) is 0 Å². The molecule has 58 heavy (non-hydrogen) atoms. The number of rotatable bonds is 14. The van der Waals surface area contributed by atoms with Crippen LogP contribution in [0.3, 0.4) is 0 Å². The molecule has 0 aromatic heterocycles. The standard InChI is InChI=1S/C22H20N2O2.2C6H3N3O7/c25-21(17-7-3-1-4-8-17)15-23-19-11-13-20(14-12-19)24-16-22(26)18-9-5-2-6-10-18;2*10-6-4(8(13)14)1-3(7(11)12)2-5(6)9(15)16/h1-14,23-24H,15-16H2;2*1-2,10H. The number of carbonyl (C=O) groups is 2. The van der Waals surface area contributed by atoms with Crippen LogP contribution >= 0.6 is 0 Å². The van der Waals surface area contributed by atoms with E-state index in [0.29, 0.717) is 35.4 Å². The lowest BCUT2D eigenvalue weighted by Crippen LogP contribution is -2.15. The Bertz CT molecular complexity index is 2140. The number of phenols is 2. The van der Waals surface area contributed by atoms with E-state index in [1.807, 2.05) is 60.7 Å². The third-order valence-corrected chi connectivity index (χ3v) is 7.30. The lowest BCUT2D eigenvalue weighted by molar-refractivity contribution is -0.404. The summed E-state index contributed by atoms with van der Waals surface area (Å²) in [7, 11) is 0. The number of nitrogens with one attached hydrogen (secondary N) is 2. The van der Waals surface area contributed by atoms with Crippen molar-refractivity contribution in [3.05, 3.63) is 181 Å². The maximum absolute atomic E-state index is 12.1. The van der Waals surface area contributed by atoms with Gasteiger partial charge < -0.3 is 20.8 Å². The Labute approximate surface area is 322 Å². The van der Waals surface area contributed by atoms with Crippen LogP contribution in [-0.2, 0) is 0 Å². The Morgan fingerprint density at radius 1 is 0.431 bits per heavy atom. The molecule has 0 spiro atoms. The zero-order valence-electron chi connectivity index (χ0n) is 29.1. The van der Waals surface area contributed by atoms with Crippen molar-refractivity contribution in [2.24, 2.45) is 0 Å². The van der Waals surface area contributed by atoms with Gasteiger partial charge in [-0.3, -0.25) is 70.3 Å². The average Bonchev–Trinajstić information content (AvgIpc) is 3.20. The maximum Gasteiger partial charge on any atom is 0.324 e. The van der Waals surface area contributed by atoms with E-state index in [0.717, 1.165) is 11.4 Å². The molecule has 24 heteroatoms. The van der Waals surface area contributed by atoms with Crippen molar-refractivity contribution in [2.45, 2.75) is 0 Å². The number of hydrogen-bond donors (Lipinski definition) is 4. The number of hydrogen-bond acceptors (Lipinski definition) is 18. The highest BCUT2D eigenvalue weighted by Gasteiger charge is 2.31. The van der Waals surface area contributed by atoms with Gasteiger partial charge in [0.15, 0.2) is 11.6 Å². The summed E-state index contributed by atoms with van der Waals surface area (Å²) in [4.78, 5) is 79.7. The molecule has 5 aromatic rings. The fourth-order valence-electron chi connectivity index (χ4n) is 4.47. The highest BCUT2D eigenvalue weighted by molar-refractivity contribution is 5.99. The fraction of sp³-hybridized carbons (Fsp3) is 0.0588. The number of anilines is 2. The summed E-state index contributed by atoms with van der Waals surface area (Å²) in [6.45, 7) is 0.479. The van der Waals surface area contributed by atoms with Crippen LogP contribution in [0.4, 0.5) is 45.5 Å². The molecule has 4 N–H and O–H groups in total. The molecule has 0 amide bonds. The molecule has 0 fully saturated rings. The predicted octanol–water partition coefficient (Wildman–Crippen LogP) is 6.51. The van der Waals surface area contributed by atoms with Crippen molar-refractivity contribution < 1.29 is 49.3 Å². The Kier molecular flexibility index (Phi) is 14.9. The third-order valence-electron chi connectivity index (χ3n) is 7.30. The largest absolute Gasteiger partial charge is 0.497 e. The number of ketones is 2. The van der Waals surface area contributed by atoms with Crippen LogP contribution in [0, 0.1) is 60.7 Å². The fourth-order valence-corrected chi connectivity index (χ4v) is 4.47. The predicted molar refractivity (Wildman–Crippen MR) is 201 cm³/mol. The quantitative estimate of drug-likeness (QED) is 0.0527. The molecule has 0 bridgehead atoms. The van der Waals surface area contributed by atoms with Crippen LogP contribution in [0.5, 0.6) is 11.5 Å². The first-order valence-corrected chi connectivity index (χ1v) is 15.8. The second kappa shape index (κ2) is 19.9. The number of nitro groups is 6. The van der Waals surface area contributed by atoms with E-state index in [4.69, 9.17) is 10.2 Å². The molecule has 0 radical (unpaired) electrons. The number of nitrogens with zero attached hydrogens (tertiary/aromatic N) is 6. The van der Waals surface area contributed by atoms with E-state index in [1.54, 1.807) is 24.3 Å². The molecule has 0 heterocycles. The molecule has 5 aromatic carbocycles. The van der Waals surface area contributed by atoms with Crippen LogP contribution in [0.25, 0.3) is 0 Å². The minimum atomic E-state index is -1.21. The first-order chi connectivity index (χ1) is 27.4. The van der Waals surface area contributed by atoms with E-state index in [-0.39, 0.29) is 24.7 Å². The minimum Gasteiger partial charge on any atom is -0.497 e. The smallest absolute Gasteiger partial charge is 0.324 e. The van der Waals surface area contributed by atoms with E-state index in [2.05, 4.69) is 10.6 Å². The van der Waals surface area contributed by atoms with Crippen LogP contribution in [0.1, 0.15) is 20.7 Å². The molecule has 0 aliphatic carbocycles. The summed E-state index contributed by atoms with van der Waals surface area (Å²) in [6.07, 6.45) is 0. The molecule has 24 nitrogen and oxygen atoms in total. The zero-order valence-corrected chi connectivity index (χ0v) is 29.1. The van der Waals surface area contributed by atoms with Gasteiger partial charge in [0.05, 0.1) is 66.9 Å². The van der Waals surface area contributed by atoms with Crippen LogP contribution in [0.15, 0.2) is 109 Å². The third kappa shape index (κ3) is 12.0. The van der Waals surface area contributed by atoms with Crippen LogP contribution in [0.2, 0.25) is 0 Å².